The standard InChI is InChI=1S/C32H34N4S2/c1-35(2)27-17-13-25(14-18-27)23-33-29-9-5-7-11-31(29)37-21-22-38-32-12-8-6-10-30(32)34-24-26-15-19-28(20-16-26)36(3)4/h5-20,23-24H,21-22H2,1-4H3. The van der Waals surface area contributed by atoms with E-state index in [1.165, 1.54) is 21.2 Å². The van der Waals surface area contributed by atoms with Crippen LogP contribution in [0.4, 0.5) is 22.7 Å². The van der Waals surface area contributed by atoms with Gasteiger partial charge in [0.1, 0.15) is 0 Å². The summed E-state index contributed by atoms with van der Waals surface area (Å²) in [7, 11) is 8.19. The van der Waals surface area contributed by atoms with Gasteiger partial charge < -0.3 is 9.80 Å². The van der Waals surface area contributed by atoms with E-state index in [9.17, 15) is 0 Å². The average molecular weight is 539 g/mol. The van der Waals surface area contributed by atoms with Gasteiger partial charge in [-0.05, 0) is 59.7 Å². The van der Waals surface area contributed by atoms with Crippen LogP contribution in [0.15, 0.2) is 117 Å². The molecule has 0 radical (unpaired) electrons. The molecule has 0 saturated heterocycles. The van der Waals surface area contributed by atoms with Crippen molar-refractivity contribution in [2.75, 3.05) is 49.5 Å². The first-order chi connectivity index (χ1) is 18.5. The summed E-state index contributed by atoms with van der Waals surface area (Å²) < 4.78 is 0. The van der Waals surface area contributed by atoms with Gasteiger partial charge in [0.15, 0.2) is 0 Å². The second kappa shape index (κ2) is 13.9. The van der Waals surface area contributed by atoms with Crippen LogP contribution < -0.4 is 9.80 Å². The first kappa shape index (κ1) is 27.6. The summed E-state index contributed by atoms with van der Waals surface area (Å²) in [4.78, 5) is 16.2. The Balaban J connectivity index is 1.33. The second-order valence-corrected chi connectivity index (χ2v) is 11.4. The van der Waals surface area contributed by atoms with E-state index in [4.69, 9.17) is 9.98 Å². The molecule has 0 saturated carbocycles. The minimum atomic E-state index is 0.985. The highest BCUT2D eigenvalue weighted by atomic mass is 32.2. The van der Waals surface area contributed by atoms with E-state index in [2.05, 4.69) is 94.7 Å². The fourth-order valence-corrected chi connectivity index (χ4v) is 5.67. The minimum Gasteiger partial charge on any atom is -0.378 e. The highest BCUT2D eigenvalue weighted by Crippen LogP contribution is 2.33. The van der Waals surface area contributed by atoms with E-state index >= 15 is 0 Å². The maximum Gasteiger partial charge on any atom is 0.0765 e. The van der Waals surface area contributed by atoms with Crippen molar-refractivity contribution in [1.82, 2.24) is 0 Å². The normalized spacial score (nSPS) is 11.4. The SMILES string of the molecule is CN(C)c1ccc(C=Nc2ccccc2SCCSc2ccccc2N=Cc2ccc(N(C)C)cc2)cc1. The van der Waals surface area contributed by atoms with Crippen LogP contribution in [0.1, 0.15) is 11.1 Å². The molecule has 0 aromatic heterocycles. The van der Waals surface area contributed by atoms with E-state index in [0.29, 0.717) is 0 Å². The molecule has 0 atom stereocenters. The van der Waals surface area contributed by atoms with Gasteiger partial charge >= 0.3 is 0 Å². The fraction of sp³-hybridized carbons (Fsp3) is 0.188. The molecule has 0 N–H and O–H groups in total. The number of hydrogen-bond acceptors (Lipinski definition) is 6. The van der Waals surface area contributed by atoms with Crippen LogP contribution in [0.2, 0.25) is 0 Å². The molecule has 38 heavy (non-hydrogen) atoms. The van der Waals surface area contributed by atoms with Gasteiger partial charge in [-0.2, -0.15) is 0 Å². The van der Waals surface area contributed by atoms with Crippen LogP contribution >= 0.6 is 23.5 Å². The number of nitrogens with zero attached hydrogens (tertiary/aromatic N) is 4. The number of para-hydroxylation sites is 2. The fourth-order valence-electron chi connectivity index (χ4n) is 3.68. The lowest BCUT2D eigenvalue weighted by Crippen LogP contribution is -2.08. The molecule has 4 aromatic carbocycles. The van der Waals surface area contributed by atoms with Crippen molar-refractivity contribution >= 4 is 58.7 Å². The van der Waals surface area contributed by atoms with Gasteiger partial charge in [-0.15, -0.1) is 23.5 Å². The van der Waals surface area contributed by atoms with Gasteiger partial charge in [0.25, 0.3) is 0 Å². The quantitative estimate of drug-likeness (QED) is 0.109. The molecule has 6 heteroatoms. The summed E-state index contributed by atoms with van der Waals surface area (Å²) in [5, 5.41) is 0. The molecule has 0 aliphatic carbocycles. The van der Waals surface area contributed by atoms with Gasteiger partial charge in [-0.25, -0.2) is 0 Å². The summed E-state index contributed by atoms with van der Waals surface area (Å²) in [6.07, 6.45) is 3.88. The molecule has 0 aliphatic rings. The van der Waals surface area contributed by atoms with E-state index in [1.54, 1.807) is 0 Å². The first-order valence-corrected chi connectivity index (χ1v) is 14.5. The third-order valence-corrected chi connectivity index (χ3v) is 8.24. The Hall–Kier alpha value is -3.48. The average Bonchev–Trinajstić information content (AvgIpc) is 2.94. The molecule has 0 amide bonds. The topological polar surface area (TPSA) is 31.2 Å². The Kier molecular flexibility index (Phi) is 10.1. The van der Waals surface area contributed by atoms with Crippen molar-refractivity contribution in [2.24, 2.45) is 9.98 Å². The third kappa shape index (κ3) is 8.01. The molecular formula is C32H34N4S2. The number of hydrogen-bond donors (Lipinski definition) is 0. The maximum atomic E-state index is 4.78. The molecule has 4 aromatic rings. The van der Waals surface area contributed by atoms with Crippen LogP contribution in [-0.4, -0.2) is 52.1 Å². The summed E-state index contributed by atoms with van der Waals surface area (Å²) in [5.74, 6) is 1.97. The number of anilines is 2. The van der Waals surface area contributed by atoms with Crippen molar-refractivity contribution in [3.63, 3.8) is 0 Å². The number of aliphatic imine (C=N–C) groups is 2. The summed E-state index contributed by atoms with van der Waals surface area (Å²) >= 11 is 3.69. The summed E-state index contributed by atoms with van der Waals surface area (Å²) in [6.45, 7) is 0. The van der Waals surface area contributed by atoms with Gasteiger partial charge in [-0.1, -0.05) is 48.5 Å². The van der Waals surface area contributed by atoms with E-state index in [0.717, 1.165) is 34.0 Å². The van der Waals surface area contributed by atoms with Crippen LogP contribution in [0.3, 0.4) is 0 Å². The molecule has 0 bridgehead atoms. The molecule has 0 spiro atoms. The predicted octanol–water partition coefficient (Wildman–Crippen LogP) is 8.20. The third-order valence-electron chi connectivity index (χ3n) is 5.85. The second-order valence-electron chi connectivity index (χ2n) is 9.12. The molecule has 194 valence electrons. The Labute approximate surface area is 235 Å². The van der Waals surface area contributed by atoms with Gasteiger partial charge in [0, 0.05) is 73.3 Å². The van der Waals surface area contributed by atoms with E-state index in [1.807, 2.05) is 76.3 Å². The lowest BCUT2D eigenvalue weighted by Gasteiger charge is -2.11. The Morgan fingerprint density at radius 3 is 1.26 bits per heavy atom. The molecule has 0 heterocycles. The maximum absolute atomic E-state index is 4.78. The van der Waals surface area contributed by atoms with Crippen molar-refractivity contribution in [3.8, 4) is 0 Å². The van der Waals surface area contributed by atoms with Crippen molar-refractivity contribution in [1.29, 1.82) is 0 Å². The zero-order chi connectivity index (χ0) is 26.7. The van der Waals surface area contributed by atoms with Crippen LogP contribution in [0, 0.1) is 0 Å². The Bertz CT molecular complexity index is 1250. The Morgan fingerprint density at radius 1 is 0.526 bits per heavy atom. The molecule has 0 unspecified atom stereocenters. The van der Waals surface area contributed by atoms with Crippen molar-refractivity contribution < 1.29 is 0 Å². The largest absolute Gasteiger partial charge is 0.378 e. The number of benzene rings is 4. The number of rotatable bonds is 11. The van der Waals surface area contributed by atoms with E-state index in [-0.39, 0.29) is 0 Å². The summed E-state index contributed by atoms with van der Waals surface area (Å²) in [6, 6.07) is 33.6. The van der Waals surface area contributed by atoms with Crippen LogP contribution in [0.5, 0.6) is 0 Å². The number of thioether (sulfide) groups is 2. The highest BCUT2D eigenvalue weighted by molar-refractivity contribution is 8.03. The van der Waals surface area contributed by atoms with Gasteiger partial charge in [-0.3, -0.25) is 9.98 Å². The minimum absolute atomic E-state index is 0.985. The summed E-state index contributed by atoms with van der Waals surface area (Å²) in [5.41, 5.74) is 6.56. The first-order valence-electron chi connectivity index (χ1n) is 12.6. The molecular weight excluding hydrogens is 505 g/mol. The van der Waals surface area contributed by atoms with Gasteiger partial charge in [0.05, 0.1) is 11.4 Å². The zero-order valence-corrected chi connectivity index (χ0v) is 24.0. The van der Waals surface area contributed by atoms with Crippen LogP contribution in [0.25, 0.3) is 0 Å². The molecule has 4 nitrogen and oxygen atoms in total. The van der Waals surface area contributed by atoms with Crippen molar-refractivity contribution in [3.05, 3.63) is 108 Å². The van der Waals surface area contributed by atoms with Crippen molar-refractivity contribution in [2.45, 2.75) is 9.79 Å². The van der Waals surface area contributed by atoms with Gasteiger partial charge in [0.2, 0.25) is 0 Å². The highest BCUT2D eigenvalue weighted by Gasteiger charge is 2.05. The lowest BCUT2D eigenvalue weighted by molar-refractivity contribution is 1.13. The lowest BCUT2D eigenvalue weighted by atomic mass is 10.2. The van der Waals surface area contributed by atoms with E-state index < -0.39 is 0 Å². The molecule has 4 rings (SSSR count). The Morgan fingerprint density at radius 2 is 0.895 bits per heavy atom. The monoisotopic (exact) mass is 538 g/mol. The predicted molar refractivity (Wildman–Crippen MR) is 170 cm³/mol. The molecule has 0 fully saturated rings. The smallest absolute Gasteiger partial charge is 0.0765 e. The van der Waals surface area contributed by atoms with Crippen LogP contribution in [-0.2, 0) is 0 Å². The zero-order valence-electron chi connectivity index (χ0n) is 22.4. The molecule has 0 aliphatic heterocycles.